The fraction of sp³-hybridized carbons (Fsp3) is 0.316. The molecule has 1 N–H and O–H groups in total. The van der Waals surface area contributed by atoms with Crippen molar-refractivity contribution in [3.63, 3.8) is 0 Å². The molecule has 0 aliphatic carbocycles. The van der Waals surface area contributed by atoms with Crippen molar-refractivity contribution in [2.75, 3.05) is 18.4 Å². The van der Waals surface area contributed by atoms with Crippen LogP contribution in [0.15, 0.2) is 42.7 Å². The molecule has 0 unspecified atom stereocenters. The van der Waals surface area contributed by atoms with Crippen LogP contribution in [0.2, 0.25) is 0 Å². The molecule has 4 heterocycles. The van der Waals surface area contributed by atoms with Crippen LogP contribution in [0.4, 0.5) is 5.69 Å². The lowest BCUT2D eigenvalue weighted by atomic mass is 10.1. The number of halogens is 1. The second kappa shape index (κ2) is 7.05. The van der Waals surface area contributed by atoms with Gasteiger partial charge in [0.2, 0.25) is 0 Å². The van der Waals surface area contributed by atoms with E-state index in [0.717, 1.165) is 56.4 Å². The molecule has 0 bridgehead atoms. The maximum atomic E-state index is 4.43. The molecule has 0 spiro atoms. The molecule has 2 aliphatic heterocycles. The minimum atomic E-state index is 0. The molecule has 3 aromatic rings. The molecule has 0 saturated heterocycles. The molecule has 134 valence electrons. The number of para-hydroxylation sites is 1. The lowest BCUT2D eigenvalue weighted by Gasteiger charge is -2.28. The van der Waals surface area contributed by atoms with Gasteiger partial charge in [-0.1, -0.05) is 18.2 Å². The first-order valence-electron chi connectivity index (χ1n) is 8.78. The fourth-order valence-corrected chi connectivity index (χ4v) is 3.83. The Kier molecular flexibility index (Phi) is 4.61. The average Bonchev–Trinajstić information content (AvgIpc) is 3.29. The predicted octanol–water partition coefficient (Wildman–Crippen LogP) is 2.75. The van der Waals surface area contributed by atoms with Crippen molar-refractivity contribution in [3.8, 4) is 11.4 Å². The first kappa shape index (κ1) is 17.0. The van der Waals surface area contributed by atoms with E-state index in [1.807, 2.05) is 18.3 Å². The van der Waals surface area contributed by atoms with E-state index < -0.39 is 0 Å². The Hall–Kier alpha value is -2.44. The molecule has 1 aromatic carbocycles. The highest BCUT2D eigenvalue weighted by Crippen LogP contribution is 2.28. The van der Waals surface area contributed by atoms with Crippen molar-refractivity contribution in [2.45, 2.75) is 26.1 Å². The molecule has 0 amide bonds. The lowest BCUT2D eigenvalue weighted by Crippen LogP contribution is -2.33. The average molecular weight is 369 g/mol. The topological polar surface area (TPSA) is 58.9 Å². The Morgan fingerprint density at radius 1 is 1.08 bits per heavy atom. The molecular weight excluding hydrogens is 348 g/mol. The van der Waals surface area contributed by atoms with Gasteiger partial charge in [-0.2, -0.15) is 0 Å². The van der Waals surface area contributed by atoms with Crippen molar-refractivity contribution in [1.29, 1.82) is 0 Å². The summed E-state index contributed by atoms with van der Waals surface area (Å²) >= 11 is 0. The first-order chi connectivity index (χ1) is 12.4. The summed E-state index contributed by atoms with van der Waals surface area (Å²) in [6.07, 6.45) is 4.76. The standard InChI is InChI=1S/C19H20N6.ClH/c1-3-14-6-8-21-18(14)16(4-1)12-24-9-10-25-17(13-24)22-23-19(25)15-5-2-7-20-11-15;/h1-5,7,11,21H,6,8-10,12-13H2;1H. The number of hydrogen-bond donors (Lipinski definition) is 1. The Morgan fingerprint density at radius 2 is 2.04 bits per heavy atom. The minimum absolute atomic E-state index is 0. The van der Waals surface area contributed by atoms with Crippen molar-refractivity contribution in [1.82, 2.24) is 24.6 Å². The molecule has 0 atom stereocenters. The van der Waals surface area contributed by atoms with Crippen LogP contribution in [0.5, 0.6) is 0 Å². The Morgan fingerprint density at radius 3 is 2.92 bits per heavy atom. The van der Waals surface area contributed by atoms with Crippen LogP contribution in [0, 0.1) is 0 Å². The Labute approximate surface area is 158 Å². The third-order valence-electron chi connectivity index (χ3n) is 5.08. The van der Waals surface area contributed by atoms with Gasteiger partial charge in [-0.25, -0.2) is 0 Å². The summed E-state index contributed by atoms with van der Waals surface area (Å²) in [5.74, 6) is 1.95. The summed E-state index contributed by atoms with van der Waals surface area (Å²) in [7, 11) is 0. The van der Waals surface area contributed by atoms with E-state index in [-0.39, 0.29) is 12.4 Å². The van der Waals surface area contributed by atoms with Crippen molar-refractivity contribution >= 4 is 18.1 Å². The van der Waals surface area contributed by atoms with Gasteiger partial charge in [0.1, 0.15) is 5.82 Å². The summed E-state index contributed by atoms with van der Waals surface area (Å²) in [6.45, 7) is 4.74. The zero-order chi connectivity index (χ0) is 16.6. The van der Waals surface area contributed by atoms with Crippen molar-refractivity contribution in [3.05, 3.63) is 59.7 Å². The lowest BCUT2D eigenvalue weighted by molar-refractivity contribution is 0.210. The number of benzene rings is 1. The van der Waals surface area contributed by atoms with Crippen molar-refractivity contribution < 1.29 is 0 Å². The molecular formula is C19H21ClN6. The SMILES string of the molecule is Cl.c1cncc(-c2nnc3n2CCN(Cc2cccc4c2NCC4)C3)c1. The maximum Gasteiger partial charge on any atom is 0.165 e. The van der Waals surface area contributed by atoms with Gasteiger partial charge in [-0.3, -0.25) is 9.88 Å². The van der Waals surface area contributed by atoms with Crippen LogP contribution < -0.4 is 5.32 Å². The van der Waals surface area contributed by atoms with Crippen LogP contribution in [-0.2, 0) is 26.1 Å². The van der Waals surface area contributed by atoms with Crippen LogP contribution in [0.1, 0.15) is 17.0 Å². The van der Waals surface area contributed by atoms with Crippen LogP contribution in [0.25, 0.3) is 11.4 Å². The summed E-state index contributed by atoms with van der Waals surface area (Å²) in [5, 5.41) is 12.4. The van der Waals surface area contributed by atoms with E-state index in [2.05, 4.69) is 48.2 Å². The Balaban J connectivity index is 0.00000168. The smallest absolute Gasteiger partial charge is 0.165 e. The minimum Gasteiger partial charge on any atom is -0.384 e. The number of anilines is 1. The number of aromatic nitrogens is 4. The largest absolute Gasteiger partial charge is 0.384 e. The molecule has 0 radical (unpaired) electrons. The third kappa shape index (κ3) is 2.95. The molecule has 0 fully saturated rings. The molecule has 7 heteroatoms. The van der Waals surface area contributed by atoms with Gasteiger partial charge in [0.15, 0.2) is 5.82 Å². The highest BCUT2D eigenvalue weighted by Gasteiger charge is 2.23. The second-order valence-electron chi connectivity index (χ2n) is 6.67. The van der Waals surface area contributed by atoms with E-state index in [1.54, 1.807) is 6.20 Å². The monoisotopic (exact) mass is 368 g/mol. The first-order valence-corrected chi connectivity index (χ1v) is 8.78. The number of fused-ring (bicyclic) bond motifs is 2. The fourth-order valence-electron chi connectivity index (χ4n) is 3.83. The second-order valence-corrected chi connectivity index (χ2v) is 6.67. The van der Waals surface area contributed by atoms with Gasteiger partial charge < -0.3 is 9.88 Å². The molecule has 6 nitrogen and oxygen atoms in total. The van der Waals surface area contributed by atoms with E-state index in [9.17, 15) is 0 Å². The van der Waals surface area contributed by atoms with Crippen molar-refractivity contribution in [2.24, 2.45) is 0 Å². The van der Waals surface area contributed by atoms with Crippen LogP contribution in [0.3, 0.4) is 0 Å². The zero-order valence-corrected chi connectivity index (χ0v) is 15.2. The van der Waals surface area contributed by atoms with Gasteiger partial charge in [0.05, 0.1) is 6.54 Å². The summed E-state index contributed by atoms with van der Waals surface area (Å²) in [5.41, 5.74) is 5.19. The highest BCUT2D eigenvalue weighted by atomic mass is 35.5. The van der Waals surface area contributed by atoms with E-state index in [1.165, 1.54) is 16.8 Å². The zero-order valence-electron chi connectivity index (χ0n) is 14.4. The highest BCUT2D eigenvalue weighted by molar-refractivity contribution is 5.85. The van der Waals surface area contributed by atoms with E-state index in [4.69, 9.17) is 0 Å². The summed E-state index contributed by atoms with van der Waals surface area (Å²) in [6, 6.07) is 10.6. The number of hydrogen-bond acceptors (Lipinski definition) is 5. The molecule has 2 aromatic heterocycles. The van der Waals surface area contributed by atoms with Gasteiger partial charge >= 0.3 is 0 Å². The molecule has 0 saturated carbocycles. The number of nitrogens with zero attached hydrogens (tertiary/aromatic N) is 5. The molecule has 26 heavy (non-hydrogen) atoms. The number of pyridine rings is 1. The quantitative estimate of drug-likeness (QED) is 0.770. The maximum absolute atomic E-state index is 4.43. The summed E-state index contributed by atoms with van der Waals surface area (Å²) in [4.78, 5) is 6.65. The van der Waals surface area contributed by atoms with E-state index >= 15 is 0 Å². The normalized spacial score (nSPS) is 15.7. The van der Waals surface area contributed by atoms with E-state index in [0.29, 0.717) is 0 Å². The third-order valence-corrected chi connectivity index (χ3v) is 5.08. The van der Waals surface area contributed by atoms with Crippen LogP contribution in [-0.4, -0.2) is 37.7 Å². The molecule has 5 rings (SSSR count). The van der Waals surface area contributed by atoms with Gasteiger partial charge in [-0.05, 0) is 29.7 Å². The molecule has 2 aliphatic rings. The van der Waals surface area contributed by atoms with Gasteiger partial charge in [0, 0.05) is 49.8 Å². The van der Waals surface area contributed by atoms with Gasteiger partial charge in [0.25, 0.3) is 0 Å². The Bertz CT molecular complexity index is 908. The number of rotatable bonds is 3. The number of nitrogens with one attached hydrogen (secondary N) is 1. The van der Waals surface area contributed by atoms with Crippen LogP contribution >= 0.6 is 12.4 Å². The predicted molar refractivity (Wildman–Crippen MR) is 103 cm³/mol. The van der Waals surface area contributed by atoms with Gasteiger partial charge in [-0.15, -0.1) is 22.6 Å². The summed E-state index contributed by atoms with van der Waals surface area (Å²) < 4.78 is 2.22.